The quantitative estimate of drug-likeness (QED) is 0.649. The molecule has 0 bridgehead atoms. The zero-order valence-electron chi connectivity index (χ0n) is 10.3. The smallest absolute Gasteiger partial charge is 0.328 e. The van der Waals surface area contributed by atoms with Gasteiger partial charge in [-0.15, -0.1) is 0 Å². The Morgan fingerprint density at radius 1 is 1.44 bits per heavy atom. The molecule has 7 nitrogen and oxygen atoms in total. The predicted octanol–water partition coefficient (Wildman–Crippen LogP) is -0.214. The molecule has 0 aliphatic carbocycles. The standard InChI is InChI=1S/C11H16N2O5/c1-6-8(7(2)18-13-6)3-4-10(15)12-9(5-14)11(16)17/h9,14H,3-5H2,1-2H3,(H,12,15)(H,16,17). The third-order valence-corrected chi connectivity index (χ3v) is 2.60. The van der Waals surface area contributed by atoms with Crippen LogP contribution in [0.25, 0.3) is 0 Å². The molecule has 18 heavy (non-hydrogen) atoms. The van der Waals surface area contributed by atoms with E-state index in [0.717, 1.165) is 11.3 Å². The molecule has 0 radical (unpaired) electrons. The van der Waals surface area contributed by atoms with Gasteiger partial charge in [-0.25, -0.2) is 4.79 Å². The van der Waals surface area contributed by atoms with Gasteiger partial charge in [0.2, 0.25) is 5.91 Å². The summed E-state index contributed by atoms with van der Waals surface area (Å²) in [7, 11) is 0. The van der Waals surface area contributed by atoms with Gasteiger partial charge >= 0.3 is 5.97 Å². The van der Waals surface area contributed by atoms with Crippen molar-refractivity contribution < 1.29 is 24.3 Å². The molecule has 1 rings (SSSR count). The van der Waals surface area contributed by atoms with Gasteiger partial charge in [0.1, 0.15) is 11.8 Å². The van der Waals surface area contributed by atoms with E-state index in [2.05, 4.69) is 10.5 Å². The van der Waals surface area contributed by atoms with Crippen molar-refractivity contribution in [3.63, 3.8) is 0 Å². The van der Waals surface area contributed by atoms with E-state index in [1.807, 2.05) is 0 Å². The lowest BCUT2D eigenvalue weighted by molar-refractivity contribution is -0.142. The maximum absolute atomic E-state index is 11.5. The van der Waals surface area contributed by atoms with E-state index in [4.69, 9.17) is 14.7 Å². The van der Waals surface area contributed by atoms with Gasteiger partial charge in [-0.2, -0.15) is 0 Å². The third kappa shape index (κ3) is 3.56. The molecule has 7 heteroatoms. The summed E-state index contributed by atoms with van der Waals surface area (Å²) in [5, 5.41) is 23.4. The van der Waals surface area contributed by atoms with Crippen LogP contribution >= 0.6 is 0 Å². The Balaban J connectivity index is 2.49. The normalized spacial score (nSPS) is 12.2. The number of aliphatic hydroxyl groups excluding tert-OH is 1. The number of aryl methyl sites for hydroxylation is 2. The topological polar surface area (TPSA) is 113 Å². The van der Waals surface area contributed by atoms with Crippen LogP contribution in [0.15, 0.2) is 4.52 Å². The van der Waals surface area contributed by atoms with E-state index in [-0.39, 0.29) is 6.42 Å². The molecule has 1 heterocycles. The highest BCUT2D eigenvalue weighted by Crippen LogP contribution is 2.14. The van der Waals surface area contributed by atoms with Gasteiger partial charge in [0.25, 0.3) is 0 Å². The number of aliphatic hydroxyl groups is 1. The van der Waals surface area contributed by atoms with E-state index in [9.17, 15) is 9.59 Å². The molecule has 0 fully saturated rings. The summed E-state index contributed by atoms with van der Waals surface area (Å²) in [6, 6.07) is -1.26. The number of carbonyl (C=O) groups is 2. The molecule has 1 unspecified atom stereocenters. The highest BCUT2D eigenvalue weighted by Gasteiger charge is 2.19. The number of carboxylic acid groups (broad SMARTS) is 1. The fourth-order valence-corrected chi connectivity index (χ4v) is 1.55. The average molecular weight is 256 g/mol. The summed E-state index contributed by atoms with van der Waals surface area (Å²) < 4.78 is 4.95. The van der Waals surface area contributed by atoms with Crippen LogP contribution in [-0.4, -0.2) is 39.9 Å². The van der Waals surface area contributed by atoms with Crippen LogP contribution in [0.4, 0.5) is 0 Å². The number of aliphatic carboxylic acids is 1. The molecule has 100 valence electrons. The van der Waals surface area contributed by atoms with Gasteiger partial charge in [0, 0.05) is 12.0 Å². The lowest BCUT2D eigenvalue weighted by Gasteiger charge is -2.11. The fourth-order valence-electron chi connectivity index (χ4n) is 1.55. The van der Waals surface area contributed by atoms with E-state index in [0.29, 0.717) is 12.2 Å². The van der Waals surface area contributed by atoms with Crippen molar-refractivity contribution in [1.82, 2.24) is 10.5 Å². The summed E-state index contributed by atoms with van der Waals surface area (Å²) >= 11 is 0. The van der Waals surface area contributed by atoms with Crippen LogP contribution in [0.3, 0.4) is 0 Å². The maximum Gasteiger partial charge on any atom is 0.328 e. The monoisotopic (exact) mass is 256 g/mol. The van der Waals surface area contributed by atoms with Crippen LogP contribution in [0.1, 0.15) is 23.4 Å². The second-order valence-corrected chi connectivity index (χ2v) is 3.94. The second kappa shape index (κ2) is 6.15. The van der Waals surface area contributed by atoms with Crippen molar-refractivity contribution in [3.8, 4) is 0 Å². The number of rotatable bonds is 6. The molecule has 1 amide bonds. The number of nitrogens with zero attached hydrogens (tertiary/aromatic N) is 1. The summed E-state index contributed by atoms with van der Waals surface area (Å²) in [4.78, 5) is 22.1. The highest BCUT2D eigenvalue weighted by molar-refractivity contribution is 5.83. The highest BCUT2D eigenvalue weighted by atomic mass is 16.5. The van der Waals surface area contributed by atoms with E-state index >= 15 is 0 Å². The van der Waals surface area contributed by atoms with Crippen LogP contribution in [0, 0.1) is 13.8 Å². The van der Waals surface area contributed by atoms with Crippen LogP contribution in [0.2, 0.25) is 0 Å². The van der Waals surface area contributed by atoms with Crippen LogP contribution in [-0.2, 0) is 16.0 Å². The molecule has 1 aromatic heterocycles. The molecule has 3 N–H and O–H groups in total. The Hall–Kier alpha value is -1.89. The summed E-state index contributed by atoms with van der Waals surface area (Å²) in [5.74, 6) is -1.04. The van der Waals surface area contributed by atoms with Crippen LogP contribution in [0.5, 0.6) is 0 Å². The number of nitrogens with one attached hydrogen (secondary N) is 1. The average Bonchev–Trinajstić information content (AvgIpc) is 2.63. The minimum Gasteiger partial charge on any atom is -0.480 e. The molecule has 0 spiro atoms. The van der Waals surface area contributed by atoms with E-state index in [1.165, 1.54) is 0 Å². The van der Waals surface area contributed by atoms with E-state index in [1.54, 1.807) is 13.8 Å². The van der Waals surface area contributed by atoms with Crippen molar-refractivity contribution in [1.29, 1.82) is 0 Å². The lowest BCUT2D eigenvalue weighted by atomic mass is 10.1. The Morgan fingerprint density at radius 3 is 2.56 bits per heavy atom. The molecule has 0 saturated heterocycles. The van der Waals surface area contributed by atoms with Crippen LogP contribution < -0.4 is 5.32 Å². The first-order valence-electron chi connectivity index (χ1n) is 5.50. The second-order valence-electron chi connectivity index (χ2n) is 3.94. The zero-order valence-corrected chi connectivity index (χ0v) is 10.3. The number of amides is 1. The molecule has 0 aliphatic rings. The molecular weight excluding hydrogens is 240 g/mol. The largest absolute Gasteiger partial charge is 0.480 e. The molecule has 0 saturated carbocycles. The number of hydrogen-bond acceptors (Lipinski definition) is 5. The molecule has 0 aromatic carbocycles. The van der Waals surface area contributed by atoms with E-state index < -0.39 is 24.5 Å². The first-order chi connectivity index (χ1) is 8.45. The number of carbonyl (C=O) groups excluding carboxylic acids is 1. The van der Waals surface area contributed by atoms with Crippen molar-refractivity contribution >= 4 is 11.9 Å². The summed E-state index contributed by atoms with van der Waals surface area (Å²) in [5.41, 5.74) is 1.57. The lowest BCUT2D eigenvalue weighted by Crippen LogP contribution is -2.43. The Bertz CT molecular complexity index is 421. The zero-order chi connectivity index (χ0) is 13.7. The Labute approximate surface area is 104 Å². The number of carboxylic acids is 1. The third-order valence-electron chi connectivity index (χ3n) is 2.60. The van der Waals surface area contributed by atoms with Gasteiger partial charge in [-0.1, -0.05) is 5.16 Å². The fraction of sp³-hybridized carbons (Fsp3) is 0.545. The summed E-state index contributed by atoms with van der Waals surface area (Å²) in [6.45, 7) is 2.89. The Morgan fingerprint density at radius 2 is 2.11 bits per heavy atom. The SMILES string of the molecule is Cc1noc(C)c1CCC(=O)NC(CO)C(=O)O. The van der Waals surface area contributed by atoms with Crippen molar-refractivity contribution in [2.75, 3.05) is 6.61 Å². The van der Waals surface area contributed by atoms with Crippen molar-refractivity contribution in [2.45, 2.75) is 32.7 Å². The predicted molar refractivity (Wildman–Crippen MR) is 61.0 cm³/mol. The molecule has 1 atom stereocenters. The molecular formula is C11H16N2O5. The first kappa shape index (κ1) is 14.2. The van der Waals surface area contributed by atoms with Gasteiger partial charge in [0.15, 0.2) is 0 Å². The van der Waals surface area contributed by atoms with Gasteiger partial charge in [-0.05, 0) is 20.3 Å². The van der Waals surface area contributed by atoms with Gasteiger partial charge in [-0.3, -0.25) is 4.79 Å². The first-order valence-corrected chi connectivity index (χ1v) is 5.50. The van der Waals surface area contributed by atoms with Gasteiger partial charge < -0.3 is 20.1 Å². The minimum atomic E-state index is -1.26. The Kier molecular flexibility index (Phi) is 4.85. The summed E-state index contributed by atoms with van der Waals surface area (Å²) in [6.07, 6.45) is 0.539. The maximum atomic E-state index is 11.5. The molecule has 1 aromatic rings. The van der Waals surface area contributed by atoms with Crippen molar-refractivity contribution in [2.24, 2.45) is 0 Å². The number of aromatic nitrogens is 1. The minimum absolute atomic E-state index is 0.118. The van der Waals surface area contributed by atoms with Crippen molar-refractivity contribution in [3.05, 3.63) is 17.0 Å². The molecule has 0 aliphatic heterocycles. The van der Waals surface area contributed by atoms with Gasteiger partial charge in [0.05, 0.1) is 12.3 Å². The number of hydrogen-bond donors (Lipinski definition) is 3.